The zero-order valence-corrected chi connectivity index (χ0v) is 36.4. The van der Waals surface area contributed by atoms with E-state index < -0.39 is 41.3 Å². The number of amides is 8. The predicted molar refractivity (Wildman–Crippen MR) is 225 cm³/mol. The number of hydrogen-bond donors (Lipinski definition) is 5. The van der Waals surface area contributed by atoms with Crippen LogP contribution in [0.4, 0.5) is 15.3 Å². The van der Waals surface area contributed by atoms with E-state index in [0.717, 1.165) is 4.90 Å². The minimum Gasteiger partial charge on any atom is -0.445 e. The molecule has 1 aromatic rings. The number of alkyl carbamates (subject to hydrolysis) is 1. The summed E-state index contributed by atoms with van der Waals surface area (Å²) in [4.78, 5) is 116. The van der Waals surface area contributed by atoms with Gasteiger partial charge >= 0.3 is 12.1 Å². The molecule has 0 aliphatic carbocycles. The van der Waals surface area contributed by atoms with Crippen LogP contribution in [0.5, 0.6) is 0 Å². The number of Topliss-reactive ketones (excluding diaryl/α,β-unsaturated/α-hetero) is 2. The Hall–Kier alpha value is -5.61. The minimum atomic E-state index is -0.940. The summed E-state index contributed by atoms with van der Waals surface area (Å²) in [5.74, 6) is -3.64. The van der Waals surface area contributed by atoms with Gasteiger partial charge in [0.05, 0.1) is 6.04 Å². The maximum Gasteiger partial charge on any atom is 0.407 e. The number of nitrogens with one attached hydrogen (secondary N) is 4. The second-order valence-electron chi connectivity index (χ2n) is 16.8. The third-order valence-electron chi connectivity index (χ3n) is 10.4. The SMILES string of the molecule is CC(C)[C@H](CC(=O)C(C)(C)CNC(=O)OCc1ccc(NC(=O)[C@H](CCCNC(N)=O)CC(=O)[C@@H](NC(=O)CCCCCN2C(=O)C=CC2=O)C(C)C)cc1)C(=O)N(C)C. The molecular weight excluding hydrogens is 775 g/mol. The van der Waals surface area contributed by atoms with E-state index in [0.29, 0.717) is 36.9 Å². The number of anilines is 1. The lowest BCUT2D eigenvalue weighted by atomic mass is 9.79. The highest BCUT2D eigenvalue weighted by molar-refractivity contribution is 6.12. The Balaban J connectivity index is 1.94. The van der Waals surface area contributed by atoms with Crippen molar-refractivity contribution in [3.8, 4) is 0 Å². The lowest BCUT2D eigenvalue weighted by Crippen LogP contribution is -2.45. The molecule has 17 heteroatoms. The number of primary amides is 1. The summed E-state index contributed by atoms with van der Waals surface area (Å²) in [6.45, 7) is 11.2. The Morgan fingerprint density at radius 1 is 0.833 bits per heavy atom. The number of carbonyl (C=O) groups is 9. The molecule has 3 atom stereocenters. The van der Waals surface area contributed by atoms with Crippen LogP contribution in [0.25, 0.3) is 0 Å². The van der Waals surface area contributed by atoms with E-state index >= 15 is 0 Å². The average Bonchev–Trinajstić information content (AvgIpc) is 3.50. The van der Waals surface area contributed by atoms with Crippen LogP contribution >= 0.6 is 0 Å². The molecule has 17 nitrogen and oxygen atoms in total. The Morgan fingerprint density at radius 2 is 1.47 bits per heavy atom. The highest BCUT2D eigenvalue weighted by Crippen LogP contribution is 2.26. The monoisotopic (exact) mass is 839 g/mol. The summed E-state index contributed by atoms with van der Waals surface area (Å²) >= 11 is 0. The zero-order valence-electron chi connectivity index (χ0n) is 36.4. The first-order valence-electron chi connectivity index (χ1n) is 20.6. The van der Waals surface area contributed by atoms with Gasteiger partial charge in [-0.05, 0) is 55.2 Å². The molecule has 0 saturated heterocycles. The molecule has 6 N–H and O–H groups in total. The molecule has 0 spiro atoms. The van der Waals surface area contributed by atoms with Gasteiger partial charge in [-0.1, -0.05) is 60.1 Å². The fourth-order valence-corrected chi connectivity index (χ4v) is 6.44. The number of benzene rings is 1. The molecule has 1 aliphatic rings. The molecule has 0 fully saturated rings. The number of nitrogens with two attached hydrogens (primary N) is 1. The molecular formula is C43H65N7O10. The smallest absolute Gasteiger partial charge is 0.407 e. The van der Waals surface area contributed by atoms with Crippen LogP contribution in [0.15, 0.2) is 36.4 Å². The lowest BCUT2D eigenvalue weighted by molar-refractivity contribution is -0.139. The molecule has 2 rings (SSSR count). The molecule has 1 heterocycles. The molecule has 60 heavy (non-hydrogen) atoms. The van der Waals surface area contributed by atoms with Crippen molar-refractivity contribution in [1.29, 1.82) is 0 Å². The largest absolute Gasteiger partial charge is 0.445 e. The first kappa shape index (κ1) is 50.5. The van der Waals surface area contributed by atoms with E-state index in [1.54, 1.807) is 66.1 Å². The standard InChI is InChI=1S/C43H65N7O10/c1-27(2)32(40(57)49(7)8)24-34(52)43(5,6)26-46-42(59)60-25-29-15-17-31(18-16-29)47-39(56)30(13-12-21-45-41(44)58)23-33(51)38(28(3)4)48-35(53)14-10-9-11-22-50-36(54)19-20-37(50)55/h15-20,27-28,30,32,38H,9-14,21-26H2,1-8H3,(H,46,59)(H,47,56)(H,48,53)(H3,44,45,58)/t30-,32+,38+/m1/s1. The molecule has 1 aromatic carbocycles. The second kappa shape index (κ2) is 24.5. The summed E-state index contributed by atoms with van der Waals surface area (Å²) < 4.78 is 5.35. The predicted octanol–water partition coefficient (Wildman–Crippen LogP) is 3.85. The van der Waals surface area contributed by atoms with Crippen molar-refractivity contribution < 1.29 is 47.9 Å². The first-order chi connectivity index (χ1) is 28.1. The maximum absolute atomic E-state index is 13.6. The highest BCUT2D eigenvalue weighted by Gasteiger charge is 2.34. The lowest BCUT2D eigenvalue weighted by Gasteiger charge is -2.28. The van der Waals surface area contributed by atoms with E-state index in [-0.39, 0.29) is 99.0 Å². The van der Waals surface area contributed by atoms with Crippen LogP contribution in [0, 0.1) is 29.1 Å². The van der Waals surface area contributed by atoms with Gasteiger partial charge in [-0.2, -0.15) is 0 Å². The third kappa shape index (κ3) is 17.3. The van der Waals surface area contributed by atoms with Crippen molar-refractivity contribution in [3.05, 3.63) is 42.0 Å². The molecule has 332 valence electrons. The summed E-state index contributed by atoms with van der Waals surface area (Å²) in [6.07, 6.45) is 3.98. The number of carbonyl (C=O) groups excluding carboxylic acids is 9. The van der Waals surface area contributed by atoms with E-state index in [1.807, 2.05) is 13.8 Å². The van der Waals surface area contributed by atoms with Crippen molar-refractivity contribution in [1.82, 2.24) is 25.8 Å². The summed E-state index contributed by atoms with van der Waals surface area (Å²) in [5, 5.41) is 10.8. The summed E-state index contributed by atoms with van der Waals surface area (Å²) in [5.41, 5.74) is 5.29. The number of imide groups is 1. The second-order valence-corrected chi connectivity index (χ2v) is 16.8. The number of unbranched alkanes of at least 4 members (excludes halogenated alkanes) is 2. The quantitative estimate of drug-likeness (QED) is 0.0667. The average molecular weight is 840 g/mol. The van der Waals surface area contributed by atoms with E-state index in [1.165, 1.54) is 17.1 Å². The maximum atomic E-state index is 13.6. The third-order valence-corrected chi connectivity index (χ3v) is 10.4. The number of rotatable bonds is 26. The number of nitrogens with zero attached hydrogens (tertiary/aromatic N) is 2. The minimum absolute atomic E-state index is 0.0102. The van der Waals surface area contributed by atoms with Crippen LogP contribution in [-0.4, -0.2) is 103 Å². The Morgan fingerprint density at radius 3 is 2.03 bits per heavy atom. The van der Waals surface area contributed by atoms with Crippen LogP contribution in [0.2, 0.25) is 0 Å². The molecule has 1 aliphatic heterocycles. The van der Waals surface area contributed by atoms with Gasteiger partial charge in [-0.3, -0.25) is 38.5 Å². The fourth-order valence-electron chi connectivity index (χ4n) is 6.44. The fraction of sp³-hybridized carbons (Fsp3) is 0.605. The van der Waals surface area contributed by atoms with Gasteiger partial charge in [0, 0.05) is 88.1 Å². The van der Waals surface area contributed by atoms with Crippen molar-refractivity contribution in [2.75, 3.05) is 39.0 Å². The Labute approximate surface area is 353 Å². The van der Waals surface area contributed by atoms with E-state index in [4.69, 9.17) is 10.5 Å². The van der Waals surface area contributed by atoms with Crippen LogP contribution in [0.1, 0.15) is 98.5 Å². The van der Waals surface area contributed by atoms with Gasteiger partial charge in [-0.25, -0.2) is 9.59 Å². The number of ketones is 2. The first-order valence-corrected chi connectivity index (χ1v) is 20.6. The Bertz CT molecular complexity index is 1700. The van der Waals surface area contributed by atoms with Gasteiger partial charge in [0.2, 0.25) is 17.7 Å². The summed E-state index contributed by atoms with van der Waals surface area (Å²) in [7, 11) is 3.31. The number of hydrogen-bond acceptors (Lipinski definition) is 10. The molecule has 0 unspecified atom stereocenters. The van der Waals surface area contributed by atoms with Crippen molar-refractivity contribution >= 4 is 58.9 Å². The Kier molecular flexibility index (Phi) is 20.6. The van der Waals surface area contributed by atoms with Crippen molar-refractivity contribution in [2.24, 2.45) is 34.8 Å². The highest BCUT2D eigenvalue weighted by atomic mass is 16.5. The van der Waals surface area contributed by atoms with Gasteiger partial charge in [0.1, 0.15) is 12.4 Å². The molecule has 0 aromatic heterocycles. The number of ether oxygens (including phenoxy) is 1. The molecule has 0 saturated carbocycles. The van der Waals surface area contributed by atoms with E-state index in [2.05, 4.69) is 21.3 Å². The normalized spacial score (nSPS) is 14.1. The zero-order chi connectivity index (χ0) is 45.2. The van der Waals surface area contributed by atoms with Crippen LogP contribution in [-0.2, 0) is 44.9 Å². The van der Waals surface area contributed by atoms with Gasteiger partial charge in [-0.15, -0.1) is 0 Å². The molecule has 8 amide bonds. The number of urea groups is 1. The van der Waals surface area contributed by atoms with E-state index in [9.17, 15) is 43.2 Å². The van der Waals surface area contributed by atoms with Crippen molar-refractivity contribution in [3.63, 3.8) is 0 Å². The van der Waals surface area contributed by atoms with Crippen LogP contribution in [0.3, 0.4) is 0 Å². The summed E-state index contributed by atoms with van der Waals surface area (Å²) in [6, 6.07) is 5.01. The molecule has 0 radical (unpaired) electrons. The molecule has 0 bridgehead atoms. The van der Waals surface area contributed by atoms with Gasteiger partial charge in [0.25, 0.3) is 11.8 Å². The topological polar surface area (TPSA) is 243 Å². The van der Waals surface area contributed by atoms with Crippen LogP contribution < -0.4 is 27.0 Å². The van der Waals surface area contributed by atoms with Crippen molar-refractivity contribution in [2.45, 2.75) is 106 Å². The van der Waals surface area contributed by atoms with Gasteiger partial charge < -0.3 is 36.6 Å². The van der Waals surface area contributed by atoms with Gasteiger partial charge in [0.15, 0.2) is 5.78 Å².